The van der Waals surface area contributed by atoms with Crippen molar-refractivity contribution in [2.75, 3.05) is 33.1 Å². The molecule has 160 valence electrons. The van der Waals surface area contributed by atoms with Gasteiger partial charge in [0.25, 0.3) is 0 Å². The van der Waals surface area contributed by atoms with E-state index in [1.54, 1.807) is 50.6 Å². The molecule has 0 aliphatic carbocycles. The Bertz CT molecular complexity index is 1050. The summed E-state index contributed by atoms with van der Waals surface area (Å²) in [4.78, 5) is 27.4. The van der Waals surface area contributed by atoms with Crippen LogP contribution in [0.1, 0.15) is 21.5 Å². The van der Waals surface area contributed by atoms with Crippen LogP contribution in [0.2, 0.25) is 0 Å². The highest BCUT2D eigenvalue weighted by atomic mass is 16.5. The van der Waals surface area contributed by atoms with Crippen molar-refractivity contribution in [2.45, 2.75) is 6.54 Å². The summed E-state index contributed by atoms with van der Waals surface area (Å²) in [6.45, 7) is 0.645. The van der Waals surface area contributed by atoms with Gasteiger partial charge in [0.2, 0.25) is 5.91 Å². The first kappa shape index (κ1) is 22.1. The van der Waals surface area contributed by atoms with Gasteiger partial charge in [-0.05, 0) is 25.2 Å². The number of benzene rings is 3. The summed E-state index contributed by atoms with van der Waals surface area (Å²) in [6.07, 6.45) is 0. The molecule has 0 aliphatic heterocycles. The zero-order chi connectivity index (χ0) is 22.2. The van der Waals surface area contributed by atoms with E-state index in [1.807, 2.05) is 48.3 Å². The lowest BCUT2D eigenvalue weighted by molar-refractivity contribution is -0.117. The maximum absolute atomic E-state index is 12.9. The summed E-state index contributed by atoms with van der Waals surface area (Å²) in [5.74, 6) is 0.950. The van der Waals surface area contributed by atoms with Gasteiger partial charge in [-0.25, -0.2) is 0 Å². The fourth-order valence-electron chi connectivity index (χ4n) is 3.39. The number of hydrogen-bond acceptors (Lipinski definition) is 5. The van der Waals surface area contributed by atoms with Crippen LogP contribution in [0.4, 0.5) is 5.69 Å². The third kappa shape index (κ3) is 5.49. The number of likely N-dealkylation sites (N-methyl/N-ethyl adjacent to an activating group) is 1. The molecule has 3 rings (SSSR count). The second kappa shape index (κ2) is 10.4. The van der Waals surface area contributed by atoms with Crippen LogP contribution < -0.4 is 14.8 Å². The van der Waals surface area contributed by atoms with Crippen molar-refractivity contribution >= 4 is 17.4 Å². The number of rotatable bonds is 9. The minimum absolute atomic E-state index is 0.133. The number of para-hydroxylation sites is 2. The summed E-state index contributed by atoms with van der Waals surface area (Å²) in [5.41, 5.74) is 2.44. The van der Waals surface area contributed by atoms with Crippen LogP contribution in [0.5, 0.6) is 11.5 Å². The molecule has 6 nitrogen and oxygen atoms in total. The van der Waals surface area contributed by atoms with Gasteiger partial charge >= 0.3 is 0 Å². The van der Waals surface area contributed by atoms with Crippen molar-refractivity contribution in [2.24, 2.45) is 0 Å². The molecule has 0 atom stereocenters. The molecular formula is C25H26N2O4. The lowest BCUT2D eigenvalue weighted by Gasteiger charge is -2.19. The molecule has 6 heteroatoms. The number of anilines is 1. The Kier molecular flexibility index (Phi) is 7.40. The van der Waals surface area contributed by atoms with Gasteiger partial charge in [-0.3, -0.25) is 14.5 Å². The van der Waals surface area contributed by atoms with Crippen LogP contribution in [0, 0.1) is 0 Å². The summed E-state index contributed by atoms with van der Waals surface area (Å²) in [7, 11) is 5.03. The Morgan fingerprint density at radius 3 is 2.29 bits per heavy atom. The van der Waals surface area contributed by atoms with Crippen LogP contribution in [0.15, 0.2) is 72.8 Å². The van der Waals surface area contributed by atoms with E-state index < -0.39 is 0 Å². The number of nitrogens with zero attached hydrogens (tertiary/aromatic N) is 1. The number of amides is 1. The third-order valence-corrected chi connectivity index (χ3v) is 4.82. The van der Waals surface area contributed by atoms with Gasteiger partial charge in [0, 0.05) is 23.2 Å². The van der Waals surface area contributed by atoms with Gasteiger partial charge in [0.05, 0.1) is 26.5 Å². The average molecular weight is 418 g/mol. The smallest absolute Gasteiger partial charge is 0.238 e. The summed E-state index contributed by atoms with van der Waals surface area (Å²) >= 11 is 0. The molecule has 0 spiro atoms. The Morgan fingerprint density at radius 1 is 0.871 bits per heavy atom. The molecule has 1 amide bonds. The van der Waals surface area contributed by atoms with Crippen molar-refractivity contribution in [1.82, 2.24) is 4.90 Å². The van der Waals surface area contributed by atoms with E-state index in [4.69, 9.17) is 9.47 Å². The number of ether oxygens (including phenoxy) is 2. The molecule has 0 radical (unpaired) electrons. The van der Waals surface area contributed by atoms with E-state index in [-0.39, 0.29) is 18.2 Å². The van der Waals surface area contributed by atoms with Crippen LogP contribution in [0.25, 0.3) is 0 Å². The first-order valence-electron chi connectivity index (χ1n) is 9.90. The molecule has 0 fully saturated rings. The van der Waals surface area contributed by atoms with Gasteiger partial charge in [-0.2, -0.15) is 0 Å². The molecule has 0 unspecified atom stereocenters. The third-order valence-electron chi connectivity index (χ3n) is 4.82. The topological polar surface area (TPSA) is 67.9 Å². The minimum atomic E-state index is -0.210. The molecule has 0 saturated carbocycles. The molecule has 0 bridgehead atoms. The molecule has 0 aliphatic rings. The average Bonchev–Trinajstić information content (AvgIpc) is 2.79. The van der Waals surface area contributed by atoms with Crippen molar-refractivity contribution in [3.8, 4) is 11.5 Å². The Hall–Kier alpha value is -3.64. The SMILES string of the molecule is COc1cccc(CN(C)CC(=O)Nc2ccccc2C(=O)c2ccccc2)c1OC. The van der Waals surface area contributed by atoms with Gasteiger partial charge in [-0.15, -0.1) is 0 Å². The van der Waals surface area contributed by atoms with Crippen molar-refractivity contribution < 1.29 is 19.1 Å². The molecule has 31 heavy (non-hydrogen) atoms. The van der Waals surface area contributed by atoms with E-state index in [2.05, 4.69) is 5.32 Å². The van der Waals surface area contributed by atoms with Crippen LogP contribution in [-0.2, 0) is 11.3 Å². The molecular weight excluding hydrogens is 392 g/mol. The predicted molar refractivity (Wildman–Crippen MR) is 121 cm³/mol. The minimum Gasteiger partial charge on any atom is -0.493 e. The van der Waals surface area contributed by atoms with Gasteiger partial charge in [-0.1, -0.05) is 54.6 Å². The van der Waals surface area contributed by atoms with Crippen LogP contribution >= 0.6 is 0 Å². The number of carbonyl (C=O) groups excluding carboxylic acids is 2. The lowest BCUT2D eigenvalue weighted by Crippen LogP contribution is -2.30. The first-order chi connectivity index (χ1) is 15.0. The van der Waals surface area contributed by atoms with E-state index in [9.17, 15) is 9.59 Å². The lowest BCUT2D eigenvalue weighted by atomic mass is 10.0. The molecule has 1 N–H and O–H groups in total. The standard InChI is InChI=1S/C25H26N2O4/c1-27(16-19-12-9-15-22(30-2)25(19)31-3)17-23(28)26-21-14-8-7-13-20(21)24(29)18-10-5-4-6-11-18/h4-15H,16-17H2,1-3H3,(H,26,28). The number of nitrogens with one attached hydrogen (secondary N) is 1. The second-order valence-corrected chi connectivity index (χ2v) is 7.11. The fourth-order valence-corrected chi connectivity index (χ4v) is 3.39. The van der Waals surface area contributed by atoms with Crippen molar-refractivity contribution in [3.63, 3.8) is 0 Å². The second-order valence-electron chi connectivity index (χ2n) is 7.11. The van der Waals surface area contributed by atoms with E-state index in [0.717, 1.165) is 5.56 Å². The number of hydrogen-bond donors (Lipinski definition) is 1. The van der Waals surface area contributed by atoms with E-state index in [1.165, 1.54) is 0 Å². The monoisotopic (exact) mass is 418 g/mol. The Balaban J connectivity index is 1.69. The van der Waals surface area contributed by atoms with Crippen LogP contribution in [0.3, 0.4) is 0 Å². The maximum Gasteiger partial charge on any atom is 0.238 e. The van der Waals surface area contributed by atoms with Gasteiger partial charge in [0.15, 0.2) is 17.3 Å². The van der Waals surface area contributed by atoms with E-state index >= 15 is 0 Å². The van der Waals surface area contributed by atoms with E-state index in [0.29, 0.717) is 34.9 Å². The molecule has 0 heterocycles. The van der Waals surface area contributed by atoms with Gasteiger partial charge < -0.3 is 14.8 Å². The highest BCUT2D eigenvalue weighted by Crippen LogP contribution is 2.31. The summed E-state index contributed by atoms with van der Waals surface area (Å²) < 4.78 is 10.8. The molecule has 3 aromatic carbocycles. The number of methoxy groups -OCH3 is 2. The highest BCUT2D eigenvalue weighted by molar-refractivity contribution is 6.13. The largest absolute Gasteiger partial charge is 0.493 e. The zero-order valence-corrected chi connectivity index (χ0v) is 17.9. The summed E-state index contributed by atoms with van der Waals surface area (Å²) in [5, 5.41) is 2.87. The Labute approximate surface area is 182 Å². The quantitative estimate of drug-likeness (QED) is 0.532. The van der Waals surface area contributed by atoms with Crippen molar-refractivity contribution in [3.05, 3.63) is 89.5 Å². The fraction of sp³-hybridized carbons (Fsp3) is 0.200. The Morgan fingerprint density at radius 2 is 1.58 bits per heavy atom. The molecule has 0 aromatic heterocycles. The normalized spacial score (nSPS) is 10.6. The number of ketones is 1. The zero-order valence-electron chi connectivity index (χ0n) is 17.9. The highest BCUT2D eigenvalue weighted by Gasteiger charge is 2.17. The van der Waals surface area contributed by atoms with Crippen LogP contribution in [-0.4, -0.2) is 44.4 Å². The molecule has 0 saturated heterocycles. The first-order valence-corrected chi connectivity index (χ1v) is 9.90. The predicted octanol–water partition coefficient (Wildman–Crippen LogP) is 4.01. The maximum atomic E-state index is 12.9. The molecule has 3 aromatic rings. The number of carbonyl (C=O) groups is 2. The van der Waals surface area contributed by atoms with Gasteiger partial charge in [0.1, 0.15) is 0 Å². The van der Waals surface area contributed by atoms with Crippen molar-refractivity contribution in [1.29, 1.82) is 0 Å². The summed E-state index contributed by atoms with van der Waals surface area (Å²) in [6, 6.07) is 21.7.